The summed E-state index contributed by atoms with van der Waals surface area (Å²) in [5.74, 6) is 1.29. The second-order valence-electron chi connectivity index (χ2n) is 6.38. The minimum atomic E-state index is 0.317. The van der Waals surface area contributed by atoms with Crippen LogP contribution >= 0.6 is 22.9 Å². The number of hydrogen-bond donors (Lipinski definition) is 2. The Kier molecular flexibility index (Phi) is 4.93. The first-order chi connectivity index (χ1) is 8.91. The quantitative estimate of drug-likeness (QED) is 0.885. The predicted octanol–water partition coefficient (Wildman–Crippen LogP) is 3.89. The average Bonchev–Trinajstić information content (AvgIpc) is 2.76. The molecule has 0 aromatic carbocycles. The summed E-state index contributed by atoms with van der Waals surface area (Å²) in [5, 5.41) is 3.59. The van der Waals surface area contributed by atoms with Crippen molar-refractivity contribution in [2.75, 3.05) is 6.54 Å². The highest BCUT2D eigenvalue weighted by Crippen LogP contribution is 2.43. The van der Waals surface area contributed by atoms with Gasteiger partial charge in [0.15, 0.2) is 0 Å². The van der Waals surface area contributed by atoms with Gasteiger partial charge in [-0.1, -0.05) is 32.4 Å². The SMILES string of the molecule is CC1C(N)CCC(CNCc2ccc(Cl)s2)C1(C)C. The predicted molar refractivity (Wildman–Crippen MR) is 84.7 cm³/mol. The van der Waals surface area contributed by atoms with Crippen molar-refractivity contribution in [1.82, 2.24) is 5.32 Å². The zero-order chi connectivity index (χ0) is 14.0. The van der Waals surface area contributed by atoms with E-state index in [1.54, 1.807) is 11.3 Å². The van der Waals surface area contributed by atoms with E-state index in [0.717, 1.165) is 23.8 Å². The second kappa shape index (κ2) is 6.13. The molecule has 0 spiro atoms. The molecule has 1 aliphatic rings. The Hall–Kier alpha value is -0.0900. The lowest BCUT2D eigenvalue weighted by atomic mass is 9.61. The molecule has 1 aromatic rings. The van der Waals surface area contributed by atoms with Gasteiger partial charge in [-0.25, -0.2) is 0 Å². The third kappa shape index (κ3) is 3.52. The van der Waals surface area contributed by atoms with Crippen LogP contribution in [-0.4, -0.2) is 12.6 Å². The first kappa shape index (κ1) is 15.3. The molecule has 0 aliphatic heterocycles. The van der Waals surface area contributed by atoms with Crippen LogP contribution in [0.15, 0.2) is 12.1 Å². The van der Waals surface area contributed by atoms with Crippen LogP contribution in [0.4, 0.5) is 0 Å². The fourth-order valence-corrected chi connectivity index (χ4v) is 4.18. The zero-order valence-electron chi connectivity index (χ0n) is 12.1. The van der Waals surface area contributed by atoms with Crippen molar-refractivity contribution in [2.45, 2.75) is 46.2 Å². The topological polar surface area (TPSA) is 38.0 Å². The van der Waals surface area contributed by atoms with Gasteiger partial charge in [0.2, 0.25) is 0 Å². The fourth-order valence-electron chi connectivity index (χ4n) is 3.12. The van der Waals surface area contributed by atoms with Crippen molar-refractivity contribution >= 4 is 22.9 Å². The summed E-state index contributed by atoms with van der Waals surface area (Å²) in [6.07, 6.45) is 2.39. The monoisotopic (exact) mass is 300 g/mol. The molecule has 0 saturated heterocycles. The van der Waals surface area contributed by atoms with Crippen LogP contribution in [0.2, 0.25) is 4.34 Å². The van der Waals surface area contributed by atoms with Gasteiger partial charge in [0.1, 0.15) is 0 Å². The number of halogens is 1. The minimum Gasteiger partial charge on any atom is -0.327 e. The Labute approximate surface area is 125 Å². The van der Waals surface area contributed by atoms with Crippen LogP contribution in [0.1, 0.15) is 38.5 Å². The molecule has 2 rings (SSSR count). The van der Waals surface area contributed by atoms with Gasteiger partial charge in [-0.2, -0.15) is 0 Å². The van der Waals surface area contributed by atoms with Crippen LogP contribution in [0.5, 0.6) is 0 Å². The van der Waals surface area contributed by atoms with Gasteiger partial charge < -0.3 is 11.1 Å². The molecule has 0 amide bonds. The molecule has 1 saturated carbocycles. The molecule has 0 radical (unpaired) electrons. The number of thiophene rings is 1. The standard InChI is InChI=1S/C15H25ClN2S/c1-10-13(17)6-4-11(15(10,2)3)8-18-9-12-5-7-14(16)19-12/h5,7,10-11,13,18H,4,6,8-9,17H2,1-3H3. The molecule has 19 heavy (non-hydrogen) atoms. The fraction of sp³-hybridized carbons (Fsp3) is 0.733. The molecular weight excluding hydrogens is 276 g/mol. The van der Waals surface area contributed by atoms with E-state index in [0.29, 0.717) is 23.3 Å². The molecule has 3 unspecified atom stereocenters. The molecule has 1 heterocycles. The van der Waals surface area contributed by atoms with Gasteiger partial charge >= 0.3 is 0 Å². The molecule has 3 atom stereocenters. The third-order valence-electron chi connectivity index (χ3n) is 5.04. The van der Waals surface area contributed by atoms with Gasteiger partial charge in [-0.15, -0.1) is 11.3 Å². The van der Waals surface area contributed by atoms with E-state index in [1.165, 1.54) is 11.3 Å². The normalized spacial score (nSPS) is 30.5. The van der Waals surface area contributed by atoms with Crippen molar-refractivity contribution < 1.29 is 0 Å². The van der Waals surface area contributed by atoms with Crippen LogP contribution in [0.25, 0.3) is 0 Å². The lowest BCUT2D eigenvalue weighted by Gasteiger charge is -2.47. The van der Waals surface area contributed by atoms with Gasteiger partial charge in [-0.05, 0) is 48.8 Å². The molecule has 3 N–H and O–H groups in total. The Bertz CT molecular complexity index is 416. The summed E-state index contributed by atoms with van der Waals surface area (Å²) in [4.78, 5) is 1.31. The summed E-state index contributed by atoms with van der Waals surface area (Å²) in [5.41, 5.74) is 6.52. The molecular formula is C15H25ClN2S. The molecule has 1 aromatic heterocycles. The Morgan fingerprint density at radius 2 is 2.16 bits per heavy atom. The molecule has 1 fully saturated rings. The minimum absolute atomic E-state index is 0.317. The van der Waals surface area contributed by atoms with E-state index >= 15 is 0 Å². The third-order valence-corrected chi connectivity index (χ3v) is 6.27. The highest BCUT2D eigenvalue weighted by molar-refractivity contribution is 7.16. The summed E-state index contributed by atoms with van der Waals surface area (Å²) in [6.45, 7) is 9.02. The summed E-state index contributed by atoms with van der Waals surface area (Å²) in [6, 6.07) is 4.43. The number of nitrogens with one attached hydrogen (secondary N) is 1. The van der Waals surface area contributed by atoms with E-state index in [2.05, 4.69) is 32.2 Å². The molecule has 108 valence electrons. The number of hydrogen-bond acceptors (Lipinski definition) is 3. The highest BCUT2D eigenvalue weighted by atomic mass is 35.5. The largest absolute Gasteiger partial charge is 0.327 e. The van der Waals surface area contributed by atoms with Crippen LogP contribution in [-0.2, 0) is 6.54 Å². The maximum atomic E-state index is 6.21. The first-order valence-corrected chi connectivity index (χ1v) is 8.31. The van der Waals surface area contributed by atoms with E-state index < -0.39 is 0 Å². The van der Waals surface area contributed by atoms with E-state index in [-0.39, 0.29) is 0 Å². The summed E-state index contributed by atoms with van der Waals surface area (Å²) < 4.78 is 0.870. The van der Waals surface area contributed by atoms with Gasteiger partial charge in [0.05, 0.1) is 4.34 Å². The summed E-state index contributed by atoms with van der Waals surface area (Å²) >= 11 is 7.60. The first-order valence-electron chi connectivity index (χ1n) is 7.11. The van der Waals surface area contributed by atoms with Crippen molar-refractivity contribution in [3.8, 4) is 0 Å². The summed E-state index contributed by atoms with van der Waals surface area (Å²) in [7, 11) is 0. The molecule has 1 aliphatic carbocycles. The molecule has 4 heteroatoms. The van der Waals surface area contributed by atoms with E-state index in [1.807, 2.05) is 6.07 Å². The zero-order valence-corrected chi connectivity index (χ0v) is 13.7. The van der Waals surface area contributed by atoms with Crippen molar-refractivity contribution in [1.29, 1.82) is 0 Å². The van der Waals surface area contributed by atoms with E-state index in [4.69, 9.17) is 17.3 Å². The smallest absolute Gasteiger partial charge is 0.0931 e. The average molecular weight is 301 g/mol. The van der Waals surface area contributed by atoms with E-state index in [9.17, 15) is 0 Å². The maximum absolute atomic E-state index is 6.21. The lowest BCUT2D eigenvalue weighted by molar-refractivity contribution is 0.0539. The van der Waals surface area contributed by atoms with Crippen LogP contribution in [0, 0.1) is 17.3 Å². The maximum Gasteiger partial charge on any atom is 0.0931 e. The van der Waals surface area contributed by atoms with Gasteiger partial charge in [0.25, 0.3) is 0 Å². The molecule has 2 nitrogen and oxygen atoms in total. The van der Waals surface area contributed by atoms with Crippen molar-refractivity contribution in [2.24, 2.45) is 23.0 Å². The van der Waals surface area contributed by atoms with Gasteiger partial charge in [0, 0.05) is 17.5 Å². The van der Waals surface area contributed by atoms with Gasteiger partial charge in [-0.3, -0.25) is 0 Å². The Balaban J connectivity index is 1.85. The number of rotatable bonds is 4. The van der Waals surface area contributed by atoms with Crippen LogP contribution < -0.4 is 11.1 Å². The van der Waals surface area contributed by atoms with Crippen molar-refractivity contribution in [3.05, 3.63) is 21.3 Å². The molecule has 0 bridgehead atoms. The number of nitrogens with two attached hydrogens (primary N) is 1. The van der Waals surface area contributed by atoms with Crippen LogP contribution in [0.3, 0.4) is 0 Å². The highest BCUT2D eigenvalue weighted by Gasteiger charge is 2.41. The van der Waals surface area contributed by atoms with Crippen molar-refractivity contribution in [3.63, 3.8) is 0 Å². The second-order valence-corrected chi connectivity index (χ2v) is 8.18. The Morgan fingerprint density at radius 3 is 2.79 bits per heavy atom. The Morgan fingerprint density at radius 1 is 1.42 bits per heavy atom. The lowest BCUT2D eigenvalue weighted by Crippen LogP contribution is -2.49.